The van der Waals surface area contributed by atoms with E-state index in [2.05, 4.69) is 42.9 Å². The van der Waals surface area contributed by atoms with E-state index in [0.29, 0.717) is 6.26 Å². The molecule has 1 aromatic rings. The van der Waals surface area contributed by atoms with Gasteiger partial charge in [0.15, 0.2) is 12.4 Å². The Morgan fingerprint density at radius 2 is 1.71 bits per heavy atom. The molecule has 1 N–H and O–H groups in total. The van der Waals surface area contributed by atoms with E-state index in [0.717, 1.165) is 0 Å². The minimum atomic E-state index is -3.67. The van der Waals surface area contributed by atoms with Crippen LogP contribution in [0.5, 0.6) is 0 Å². The molecule has 1 aromatic heterocycles. The van der Waals surface area contributed by atoms with Crippen molar-refractivity contribution in [3.8, 4) is 0 Å². The van der Waals surface area contributed by atoms with E-state index in [-0.39, 0.29) is 0 Å². The quantitative estimate of drug-likeness (QED) is 0.454. The van der Waals surface area contributed by atoms with E-state index in [1.54, 1.807) is 0 Å². The van der Waals surface area contributed by atoms with Gasteiger partial charge in [0.05, 0.1) is 6.26 Å². The Kier molecular flexibility index (Phi) is 11.2. The fourth-order valence-corrected chi connectivity index (χ4v) is 2.05. The van der Waals surface area contributed by atoms with Gasteiger partial charge in [-0.3, -0.25) is 4.55 Å². The summed E-state index contributed by atoms with van der Waals surface area (Å²) in [5, 5.41) is 0. The molecule has 122 valence electrons. The van der Waals surface area contributed by atoms with Crippen LogP contribution in [0, 0.1) is 0 Å². The Morgan fingerprint density at radius 1 is 1.10 bits per heavy atom. The van der Waals surface area contributed by atoms with Crippen LogP contribution in [0.3, 0.4) is 0 Å². The molecule has 1 rings (SSSR count). The Balaban J connectivity index is 0.000000690. The second-order valence-corrected chi connectivity index (χ2v) is 6.81. The van der Waals surface area contributed by atoms with Gasteiger partial charge >= 0.3 is 0 Å². The van der Waals surface area contributed by atoms with Crippen LogP contribution in [0.2, 0.25) is 0 Å². The molecule has 0 aliphatic heterocycles. The van der Waals surface area contributed by atoms with Crippen LogP contribution in [0.15, 0.2) is 24.5 Å². The first-order valence-electron chi connectivity index (χ1n) is 7.77. The maximum absolute atomic E-state index is 9.19. The van der Waals surface area contributed by atoms with E-state index >= 15 is 0 Å². The van der Waals surface area contributed by atoms with Crippen LogP contribution in [0.1, 0.15) is 57.9 Å². The van der Waals surface area contributed by atoms with Crippen molar-refractivity contribution in [2.75, 3.05) is 6.26 Å². The molecular weight excluding hydrogens is 286 g/mol. The van der Waals surface area contributed by atoms with Gasteiger partial charge in [0.25, 0.3) is 10.1 Å². The summed E-state index contributed by atoms with van der Waals surface area (Å²) in [6.45, 7) is 5.69. The van der Waals surface area contributed by atoms with Crippen molar-refractivity contribution in [3.63, 3.8) is 0 Å². The molecule has 0 amide bonds. The molecule has 0 aromatic carbocycles. The molecule has 1 heterocycles. The fourth-order valence-electron chi connectivity index (χ4n) is 2.05. The van der Waals surface area contributed by atoms with Gasteiger partial charge in [-0.25, -0.2) is 4.57 Å². The molecule has 0 saturated heterocycles. The molecule has 0 atom stereocenters. The number of aromatic nitrogens is 1. The van der Waals surface area contributed by atoms with Crippen LogP contribution in [-0.4, -0.2) is 19.2 Å². The zero-order valence-corrected chi connectivity index (χ0v) is 14.4. The number of unbranched alkanes of at least 4 members (excludes halogenated alkanes) is 4. The topological polar surface area (TPSA) is 58.2 Å². The van der Waals surface area contributed by atoms with E-state index in [1.807, 2.05) is 0 Å². The average Bonchev–Trinajstić information content (AvgIpc) is 2.37. The van der Waals surface area contributed by atoms with Crippen LogP contribution in [0.25, 0.3) is 0 Å². The lowest BCUT2D eigenvalue weighted by atomic mass is 10.1. The molecule has 0 saturated carbocycles. The predicted octanol–water partition coefficient (Wildman–Crippen LogP) is 3.40. The summed E-state index contributed by atoms with van der Waals surface area (Å²) < 4.78 is 28.2. The average molecular weight is 316 g/mol. The number of hydrogen-bond donors (Lipinski definition) is 1. The molecule has 0 radical (unpaired) electrons. The highest BCUT2D eigenvalue weighted by molar-refractivity contribution is 7.85. The first-order valence-corrected chi connectivity index (χ1v) is 9.62. The van der Waals surface area contributed by atoms with Gasteiger partial charge in [0.1, 0.15) is 6.54 Å². The molecular formula is C16H30NO3S+. The lowest BCUT2D eigenvalue weighted by molar-refractivity contribution is -0.697. The summed E-state index contributed by atoms with van der Waals surface area (Å²) in [7, 11) is -3.67. The zero-order chi connectivity index (χ0) is 16.1. The van der Waals surface area contributed by atoms with Crippen molar-refractivity contribution in [2.24, 2.45) is 0 Å². The third-order valence-corrected chi connectivity index (χ3v) is 2.98. The van der Waals surface area contributed by atoms with E-state index < -0.39 is 10.1 Å². The number of hydrogen-bond acceptors (Lipinski definition) is 2. The van der Waals surface area contributed by atoms with Crippen molar-refractivity contribution >= 4 is 10.1 Å². The normalized spacial score (nSPS) is 10.9. The SMILES string of the molecule is CCCCCCC[n+]1cccc(CCC)c1.CS(=O)(=O)O. The summed E-state index contributed by atoms with van der Waals surface area (Å²) in [4.78, 5) is 0. The molecule has 0 spiro atoms. The molecule has 4 nitrogen and oxygen atoms in total. The predicted molar refractivity (Wildman–Crippen MR) is 86.9 cm³/mol. The number of aryl methyl sites for hydroxylation is 2. The molecule has 21 heavy (non-hydrogen) atoms. The van der Waals surface area contributed by atoms with Gasteiger partial charge in [0, 0.05) is 18.1 Å². The zero-order valence-electron chi connectivity index (χ0n) is 13.6. The summed E-state index contributed by atoms with van der Waals surface area (Å²) >= 11 is 0. The third-order valence-electron chi connectivity index (χ3n) is 2.98. The van der Waals surface area contributed by atoms with E-state index in [4.69, 9.17) is 4.55 Å². The minimum Gasteiger partial charge on any atom is -0.286 e. The maximum Gasteiger partial charge on any atom is 0.261 e. The second kappa shape index (κ2) is 11.7. The highest BCUT2D eigenvalue weighted by Crippen LogP contribution is 2.03. The van der Waals surface area contributed by atoms with Crippen molar-refractivity contribution in [2.45, 2.75) is 65.3 Å². The van der Waals surface area contributed by atoms with Crippen LogP contribution in [-0.2, 0) is 23.1 Å². The smallest absolute Gasteiger partial charge is 0.261 e. The van der Waals surface area contributed by atoms with Gasteiger partial charge < -0.3 is 0 Å². The van der Waals surface area contributed by atoms with Gasteiger partial charge in [-0.05, 0) is 18.9 Å². The van der Waals surface area contributed by atoms with Crippen LogP contribution >= 0.6 is 0 Å². The van der Waals surface area contributed by atoms with Crippen molar-refractivity contribution in [1.29, 1.82) is 0 Å². The standard InChI is InChI=1S/C15H26N.CH4O3S/c1-3-5-6-7-8-12-16-13-9-11-15(14-16)10-4-2;1-5(2,3)4/h9,11,13-14H,3-8,10,12H2,1-2H3;1H3,(H,2,3,4)/q+1;. The van der Waals surface area contributed by atoms with Gasteiger partial charge in [-0.15, -0.1) is 0 Å². The first-order chi connectivity index (χ1) is 9.86. The fraction of sp³-hybridized carbons (Fsp3) is 0.688. The van der Waals surface area contributed by atoms with Crippen molar-refractivity contribution < 1.29 is 17.5 Å². The van der Waals surface area contributed by atoms with Crippen LogP contribution in [0.4, 0.5) is 0 Å². The Morgan fingerprint density at radius 3 is 2.29 bits per heavy atom. The first kappa shape index (κ1) is 20.1. The Bertz CT molecular complexity index is 464. The van der Waals surface area contributed by atoms with E-state index in [1.165, 1.54) is 57.1 Å². The summed E-state index contributed by atoms with van der Waals surface area (Å²) in [5.74, 6) is 0. The Hall–Kier alpha value is -0.940. The summed E-state index contributed by atoms with van der Waals surface area (Å²) in [6.07, 6.45) is 14.5. The van der Waals surface area contributed by atoms with Gasteiger partial charge in [-0.1, -0.05) is 39.5 Å². The van der Waals surface area contributed by atoms with Gasteiger partial charge in [-0.2, -0.15) is 8.42 Å². The second-order valence-electron chi connectivity index (χ2n) is 5.35. The number of nitrogens with zero attached hydrogens (tertiary/aromatic N) is 1. The maximum atomic E-state index is 9.19. The minimum absolute atomic E-state index is 0.715. The highest BCUT2D eigenvalue weighted by atomic mass is 32.2. The number of pyridine rings is 1. The largest absolute Gasteiger partial charge is 0.286 e. The molecule has 0 unspecified atom stereocenters. The van der Waals surface area contributed by atoms with Crippen molar-refractivity contribution in [3.05, 3.63) is 30.1 Å². The Labute approximate surface area is 130 Å². The molecule has 0 aliphatic rings. The lowest BCUT2D eigenvalue weighted by Gasteiger charge is -2.00. The van der Waals surface area contributed by atoms with E-state index in [9.17, 15) is 8.42 Å². The number of rotatable bonds is 8. The van der Waals surface area contributed by atoms with Gasteiger partial charge in [0.2, 0.25) is 0 Å². The van der Waals surface area contributed by atoms with Crippen LogP contribution < -0.4 is 4.57 Å². The monoisotopic (exact) mass is 316 g/mol. The lowest BCUT2D eigenvalue weighted by Crippen LogP contribution is -2.33. The summed E-state index contributed by atoms with van der Waals surface area (Å²) in [5.41, 5.74) is 1.47. The molecule has 0 aliphatic carbocycles. The highest BCUT2D eigenvalue weighted by Gasteiger charge is 2.01. The molecule has 5 heteroatoms. The van der Waals surface area contributed by atoms with Crippen molar-refractivity contribution in [1.82, 2.24) is 0 Å². The molecule has 0 bridgehead atoms. The third kappa shape index (κ3) is 15.3. The molecule has 0 fully saturated rings. The summed E-state index contributed by atoms with van der Waals surface area (Å²) in [6, 6.07) is 4.41.